The summed E-state index contributed by atoms with van der Waals surface area (Å²) < 4.78 is 107. The number of carbonyl (C=O) groups is 1. The van der Waals surface area contributed by atoms with Gasteiger partial charge in [-0.25, -0.2) is 23.1 Å². The fourth-order valence-corrected chi connectivity index (χ4v) is 7.58. The van der Waals surface area contributed by atoms with Crippen LogP contribution in [0.1, 0.15) is 0 Å². The molecule has 0 unspecified atom stereocenters. The zero-order valence-corrected chi connectivity index (χ0v) is 31.7. The average molecular weight is 886 g/mol. The van der Waals surface area contributed by atoms with Crippen LogP contribution in [0, 0.1) is 0 Å². The molecule has 0 aromatic heterocycles. The van der Waals surface area contributed by atoms with Gasteiger partial charge in [0.15, 0.2) is 15.6 Å². The number of aromatic hydroxyl groups is 1. The molecule has 296 valence electrons. The number of anilines is 1. The Morgan fingerprint density at radius 1 is 0.782 bits per heavy atom. The maximum absolute atomic E-state index is 12.5. The summed E-state index contributed by atoms with van der Waals surface area (Å²) in [5, 5.41) is 50.6. The molecule has 0 saturated carbocycles. The summed E-state index contributed by atoms with van der Waals surface area (Å²) in [6, 6.07) is 12.5. The van der Waals surface area contributed by atoms with Gasteiger partial charge in [0.2, 0.25) is 0 Å². The number of benzene rings is 4. The van der Waals surface area contributed by atoms with E-state index in [0.717, 1.165) is 30.3 Å². The predicted octanol–water partition coefficient (Wildman–Crippen LogP) is 5.85. The SMILES string of the molecule is Nc1c(N=Nc2ccc(S(=O)(=O)CCOS(=O)(=O)O)cc2)c(S(=O)(=O)O)cc2cc(SOOO)c(N=Nc3ccc(SOC(=O)CSOOO)cc3)c(O)c12. The molecule has 0 amide bonds. The molecule has 0 fully saturated rings. The van der Waals surface area contributed by atoms with Gasteiger partial charge in [-0.05, 0) is 66.0 Å². The van der Waals surface area contributed by atoms with E-state index in [1.54, 1.807) is 0 Å². The average Bonchev–Trinajstić information content (AvgIpc) is 3.11. The van der Waals surface area contributed by atoms with Gasteiger partial charge in [-0.15, -0.1) is 18.9 Å². The Bertz CT molecular complexity index is 2420. The lowest BCUT2D eigenvalue weighted by molar-refractivity contribution is -0.432. The molecule has 0 saturated heterocycles. The van der Waals surface area contributed by atoms with Crippen LogP contribution in [-0.4, -0.2) is 74.1 Å². The number of phenolic OH excluding ortho intramolecular Hbond substituents is 1. The first-order chi connectivity index (χ1) is 25.9. The fraction of sp³-hybridized carbons (Fsp3) is 0.115. The highest BCUT2D eigenvalue weighted by Crippen LogP contribution is 2.49. The van der Waals surface area contributed by atoms with Crippen LogP contribution in [0.15, 0.2) is 101 Å². The summed E-state index contributed by atoms with van der Waals surface area (Å²) in [4.78, 5) is 10.9. The van der Waals surface area contributed by atoms with Crippen molar-refractivity contribution in [2.45, 2.75) is 19.6 Å². The highest BCUT2D eigenvalue weighted by Gasteiger charge is 2.26. The Hall–Kier alpha value is -4.05. The highest BCUT2D eigenvalue weighted by molar-refractivity contribution is 7.96. The first-order valence-corrected chi connectivity index (χ1v) is 20.9. The van der Waals surface area contributed by atoms with Crippen molar-refractivity contribution in [3.63, 3.8) is 0 Å². The monoisotopic (exact) mass is 885 g/mol. The molecule has 4 aromatic carbocycles. The minimum Gasteiger partial charge on any atom is -0.505 e. The van der Waals surface area contributed by atoms with E-state index in [1.165, 1.54) is 30.3 Å². The number of hydrogen-bond acceptors (Lipinski definition) is 24. The van der Waals surface area contributed by atoms with Crippen molar-refractivity contribution in [3.8, 4) is 5.75 Å². The molecule has 55 heavy (non-hydrogen) atoms. The number of rotatable bonds is 19. The van der Waals surface area contributed by atoms with E-state index in [9.17, 15) is 39.7 Å². The molecule has 4 aromatic rings. The number of hydrogen-bond donors (Lipinski definition) is 6. The predicted molar refractivity (Wildman–Crippen MR) is 190 cm³/mol. The summed E-state index contributed by atoms with van der Waals surface area (Å²) in [5.41, 5.74) is 4.94. The van der Waals surface area contributed by atoms with Gasteiger partial charge in [0, 0.05) is 16.9 Å². The molecule has 0 bridgehead atoms. The number of carbonyl (C=O) groups excluding carboxylic acids is 1. The second kappa shape index (κ2) is 19.2. The van der Waals surface area contributed by atoms with E-state index in [0.29, 0.717) is 41.0 Å². The van der Waals surface area contributed by atoms with Crippen molar-refractivity contribution in [2.75, 3.05) is 23.8 Å². The van der Waals surface area contributed by atoms with Crippen LogP contribution in [0.3, 0.4) is 0 Å². The summed E-state index contributed by atoms with van der Waals surface area (Å²) >= 11 is 1.51. The van der Waals surface area contributed by atoms with Crippen molar-refractivity contribution in [2.24, 2.45) is 20.5 Å². The summed E-state index contributed by atoms with van der Waals surface area (Å²) in [7, 11) is -14.0. The third-order valence-corrected chi connectivity index (χ3v) is 11.3. The molecule has 0 aliphatic rings. The van der Waals surface area contributed by atoms with Crippen molar-refractivity contribution in [1.29, 1.82) is 0 Å². The Labute approximate surface area is 322 Å². The minimum absolute atomic E-state index is 0.0511. The summed E-state index contributed by atoms with van der Waals surface area (Å²) in [6.07, 6.45) is 0. The van der Waals surface area contributed by atoms with Gasteiger partial charge in [-0.2, -0.15) is 27.1 Å². The van der Waals surface area contributed by atoms with Gasteiger partial charge in [0.1, 0.15) is 22.0 Å². The van der Waals surface area contributed by atoms with Crippen LogP contribution in [0.25, 0.3) is 10.8 Å². The topological polar surface area (TPSA) is 351 Å². The number of fused-ring (bicyclic) bond motifs is 1. The first-order valence-electron chi connectivity index (χ1n) is 14.0. The van der Waals surface area contributed by atoms with Gasteiger partial charge in [-0.1, -0.05) is 10.1 Å². The normalized spacial score (nSPS) is 12.6. The van der Waals surface area contributed by atoms with E-state index in [2.05, 4.69) is 43.4 Å². The van der Waals surface area contributed by atoms with Crippen molar-refractivity contribution in [3.05, 3.63) is 60.7 Å². The number of sulfone groups is 1. The number of nitrogens with zero attached hydrogens (tertiary/aromatic N) is 4. The fourth-order valence-electron chi connectivity index (χ4n) is 4.11. The molecule has 7 N–H and O–H groups in total. The maximum Gasteiger partial charge on any atom is 0.397 e. The van der Waals surface area contributed by atoms with Gasteiger partial charge < -0.3 is 15.0 Å². The second-order valence-corrected chi connectivity index (χ2v) is 16.7. The van der Waals surface area contributed by atoms with E-state index in [1.807, 2.05) is 0 Å². The van der Waals surface area contributed by atoms with E-state index >= 15 is 0 Å². The largest absolute Gasteiger partial charge is 0.505 e. The molecule has 29 heteroatoms. The smallest absolute Gasteiger partial charge is 0.397 e. The zero-order valence-electron chi connectivity index (χ0n) is 26.8. The molecular weight excluding hydrogens is 863 g/mol. The highest BCUT2D eigenvalue weighted by atomic mass is 32.3. The summed E-state index contributed by atoms with van der Waals surface area (Å²) in [6.45, 7) is -0.866. The quantitative estimate of drug-likeness (QED) is 0.0122. The van der Waals surface area contributed by atoms with E-state index < -0.39 is 70.7 Å². The minimum atomic E-state index is -5.08. The third-order valence-electron chi connectivity index (χ3n) is 6.38. The molecule has 23 nitrogen and oxygen atoms in total. The van der Waals surface area contributed by atoms with Gasteiger partial charge >= 0.3 is 16.4 Å². The second-order valence-electron chi connectivity index (χ2n) is 9.91. The van der Waals surface area contributed by atoms with Crippen LogP contribution in [-0.2, 0) is 62.3 Å². The van der Waals surface area contributed by atoms with Gasteiger partial charge in [-0.3, -0.25) is 13.9 Å². The number of phenols is 1. The molecule has 0 atom stereocenters. The van der Waals surface area contributed by atoms with Gasteiger partial charge in [0.25, 0.3) is 10.1 Å². The van der Waals surface area contributed by atoms with Crippen molar-refractivity contribution < 1.29 is 81.9 Å². The molecule has 0 spiro atoms. The standard InChI is InChI=1S/C26H23N5O18S6/c27-23-22-14(12-20(54(38,39)40)25(23)31-29-16-3-7-18(8-4-16)53(36,37)10-9-44-55(41,42)43)11-19(52-49-47-35)24(26(22)33)30-28-15-1-5-17(6-2-15)51-45-21(32)13-50-48-46-34/h1-8,11-12,33-35H,9-10,13,27H2,(H,38,39,40)(H,41,42,43). The number of azo groups is 2. The lowest BCUT2D eigenvalue weighted by Crippen LogP contribution is -2.15. The Kier molecular flexibility index (Phi) is 15.2. The molecular formula is C26H23N5O18S6. The molecule has 0 aliphatic heterocycles. The van der Waals surface area contributed by atoms with Crippen LogP contribution >= 0.6 is 36.1 Å². The van der Waals surface area contributed by atoms with Gasteiger partial charge in [0.05, 0.1) is 68.7 Å². The Balaban J connectivity index is 1.68. The molecule has 4 rings (SSSR count). The van der Waals surface area contributed by atoms with Crippen LogP contribution in [0.5, 0.6) is 5.75 Å². The maximum atomic E-state index is 12.5. The van der Waals surface area contributed by atoms with E-state index in [4.69, 9.17) is 25.0 Å². The van der Waals surface area contributed by atoms with Crippen LogP contribution in [0.2, 0.25) is 0 Å². The third kappa shape index (κ3) is 12.5. The lowest BCUT2D eigenvalue weighted by Gasteiger charge is -2.14. The zero-order chi connectivity index (χ0) is 40.4. The van der Waals surface area contributed by atoms with E-state index in [-0.39, 0.29) is 43.4 Å². The Morgan fingerprint density at radius 3 is 1.96 bits per heavy atom. The van der Waals surface area contributed by atoms with Crippen molar-refractivity contribution in [1.82, 2.24) is 0 Å². The van der Waals surface area contributed by atoms with Crippen LogP contribution < -0.4 is 5.73 Å². The Morgan fingerprint density at radius 2 is 1.38 bits per heavy atom. The van der Waals surface area contributed by atoms with Crippen LogP contribution in [0.4, 0.5) is 28.4 Å². The molecule has 0 heterocycles. The van der Waals surface area contributed by atoms with Crippen molar-refractivity contribution >= 4 is 112 Å². The lowest BCUT2D eigenvalue weighted by atomic mass is 10.1. The molecule has 0 radical (unpaired) electrons. The number of nitrogens with two attached hydrogens (primary N) is 1. The summed E-state index contributed by atoms with van der Waals surface area (Å²) in [5.74, 6) is -2.52. The molecule has 0 aliphatic carbocycles. The first kappa shape index (κ1) is 43.7. The number of nitrogen functional groups attached to an aromatic ring is 1.